The second-order valence-electron chi connectivity index (χ2n) is 5.38. The molecule has 142 valence electrons. The summed E-state index contributed by atoms with van der Waals surface area (Å²) in [6.07, 6.45) is -1.02. The summed E-state index contributed by atoms with van der Waals surface area (Å²) in [4.78, 5) is 11.5. The van der Waals surface area contributed by atoms with Crippen LogP contribution in [-0.4, -0.2) is 38.3 Å². The molecule has 0 aliphatic rings. The third-order valence-corrected chi connectivity index (χ3v) is 5.58. The quantitative estimate of drug-likeness (QED) is 0.432. The molecule has 0 aliphatic carbocycles. The summed E-state index contributed by atoms with van der Waals surface area (Å²) in [5, 5.41) is -0.0857. The van der Waals surface area contributed by atoms with Crippen molar-refractivity contribution in [2.45, 2.75) is 18.1 Å². The number of halogens is 4. The Morgan fingerprint density at radius 3 is 2.48 bits per heavy atom. The Morgan fingerprint density at radius 2 is 1.93 bits per heavy atom. The molecule has 0 aromatic carbocycles. The fourth-order valence-corrected chi connectivity index (χ4v) is 3.63. The van der Waals surface area contributed by atoms with Crippen molar-refractivity contribution in [3.8, 4) is 11.5 Å². The number of fused-ring (bicyclic) bond motifs is 1. The predicted molar refractivity (Wildman–Crippen MR) is 88.1 cm³/mol. The van der Waals surface area contributed by atoms with E-state index >= 15 is 0 Å². The van der Waals surface area contributed by atoms with E-state index in [9.17, 15) is 21.6 Å². The van der Waals surface area contributed by atoms with Gasteiger partial charge in [0.25, 0.3) is 0 Å². The molecule has 0 atom stereocenters. The molecule has 0 saturated heterocycles. The van der Waals surface area contributed by atoms with Gasteiger partial charge in [0, 0.05) is 24.2 Å². The summed E-state index contributed by atoms with van der Waals surface area (Å²) in [5.74, 6) is -0.0307. The summed E-state index contributed by atoms with van der Waals surface area (Å²) >= 11 is 0.847. The van der Waals surface area contributed by atoms with Crippen molar-refractivity contribution >= 4 is 30.6 Å². The fourth-order valence-electron chi connectivity index (χ4n) is 2.47. The number of alkyl halides is 3. The number of aryl methyl sites for hydroxylation is 2. The van der Waals surface area contributed by atoms with E-state index in [1.807, 2.05) is 0 Å². The summed E-state index contributed by atoms with van der Waals surface area (Å²) in [7, 11) is 4.16. The van der Waals surface area contributed by atoms with Gasteiger partial charge in [0.1, 0.15) is 15.5 Å². The molecule has 27 heavy (non-hydrogen) atoms. The Bertz CT molecular complexity index is 1080. The minimum atomic E-state index is -4.60. The van der Waals surface area contributed by atoms with Gasteiger partial charge in [0.05, 0.1) is 23.1 Å². The van der Waals surface area contributed by atoms with E-state index in [1.165, 1.54) is 23.1 Å². The third-order valence-electron chi connectivity index (χ3n) is 3.76. The zero-order valence-electron chi connectivity index (χ0n) is 14.5. The Morgan fingerprint density at radius 1 is 1.30 bits per heavy atom. The monoisotopic (exact) mass is 471 g/mol. The molecular weight excluding hydrogens is 460 g/mol. The fraction of sp³-hybridized carbons (Fsp3) is 0.357. The normalized spacial score (nSPS) is 12.2. The Hall–Kier alpha value is -1.52. The predicted octanol–water partition coefficient (Wildman–Crippen LogP) is 2.67. The number of sulfone groups is 1. The van der Waals surface area contributed by atoms with Crippen LogP contribution in [0.3, 0.4) is 0 Å². The van der Waals surface area contributed by atoms with Gasteiger partial charge in [-0.05, 0) is 18.8 Å². The number of imidazole rings is 2. The van der Waals surface area contributed by atoms with Crippen molar-refractivity contribution in [1.29, 1.82) is 0 Å². The molecule has 0 N–H and O–H groups in total. The van der Waals surface area contributed by atoms with Gasteiger partial charge in [0.2, 0.25) is 0 Å². The number of aromatic nitrogens is 5. The second kappa shape index (κ2) is 7.85. The molecule has 3 heterocycles. The van der Waals surface area contributed by atoms with Gasteiger partial charge in [0.15, 0.2) is 0 Å². The molecular formula is C14H13ClF3N5O2SZn. The topological polar surface area (TPSA) is 82.7 Å². The SMILES string of the molecule is CCS(=O)(=O)c1c(-c2nc3cc(C(F)(F)F)ncc3n2C)n[c-]n1C.[Cl][Zn+]. The number of nitrogens with zero attached hydrogens (tertiary/aromatic N) is 5. The molecule has 0 saturated carbocycles. The minimum absolute atomic E-state index is 0.0385. The van der Waals surface area contributed by atoms with Crippen LogP contribution in [0.25, 0.3) is 22.6 Å². The summed E-state index contributed by atoms with van der Waals surface area (Å²) in [6, 6.07) is 0.819. The van der Waals surface area contributed by atoms with Gasteiger partial charge in [-0.1, -0.05) is 6.92 Å². The first kappa shape index (κ1) is 21.8. The summed E-state index contributed by atoms with van der Waals surface area (Å²) in [6.45, 7) is 1.49. The number of hydrogen-bond acceptors (Lipinski definition) is 5. The first-order valence-electron chi connectivity index (χ1n) is 7.40. The second-order valence-corrected chi connectivity index (χ2v) is 7.57. The molecule has 3 rings (SSSR count). The van der Waals surface area contributed by atoms with E-state index in [1.54, 1.807) is 7.05 Å². The maximum absolute atomic E-state index is 12.8. The van der Waals surface area contributed by atoms with E-state index in [0.717, 1.165) is 29.6 Å². The molecule has 13 heteroatoms. The average molecular weight is 473 g/mol. The number of pyridine rings is 1. The van der Waals surface area contributed by atoms with E-state index in [0.29, 0.717) is 5.52 Å². The molecule has 3 aromatic heterocycles. The Kier molecular flexibility index (Phi) is 6.33. The molecule has 0 amide bonds. The van der Waals surface area contributed by atoms with Crippen molar-refractivity contribution in [1.82, 2.24) is 24.1 Å². The van der Waals surface area contributed by atoms with Crippen LogP contribution in [0, 0.1) is 6.33 Å². The van der Waals surface area contributed by atoms with Crippen LogP contribution in [0.15, 0.2) is 17.3 Å². The first-order chi connectivity index (χ1) is 12.6. The molecule has 7 nitrogen and oxygen atoms in total. The zero-order valence-corrected chi connectivity index (χ0v) is 19.1. The van der Waals surface area contributed by atoms with Crippen molar-refractivity contribution in [2.75, 3.05) is 5.75 Å². The van der Waals surface area contributed by atoms with Crippen LogP contribution in [0.4, 0.5) is 13.2 Å². The standard InChI is InChI=1S/C14H13F3N5O2S.ClH.Zn/c1-4-25(23,24)13-11(19-7-21(13)2)12-20-8-5-10(14(15,16)17)18-6-9(8)22(12)3;;/h5-6H,4H2,1-3H3;1H;/q-1;;+2/p-1. The van der Waals surface area contributed by atoms with Gasteiger partial charge < -0.3 is 14.1 Å². The van der Waals surface area contributed by atoms with Crippen LogP contribution in [0.1, 0.15) is 12.6 Å². The molecule has 0 unspecified atom stereocenters. The number of rotatable bonds is 3. The van der Waals surface area contributed by atoms with Gasteiger partial charge >= 0.3 is 33.2 Å². The molecule has 0 fully saturated rings. The Balaban J connectivity index is 0.00000126. The molecule has 0 radical (unpaired) electrons. The van der Waals surface area contributed by atoms with Gasteiger partial charge in [-0.2, -0.15) is 13.2 Å². The van der Waals surface area contributed by atoms with Crippen molar-refractivity contribution in [3.05, 3.63) is 24.3 Å². The summed E-state index contributed by atoms with van der Waals surface area (Å²) in [5.41, 5.74) is -0.658. The van der Waals surface area contributed by atoms with Crippen molar-refractivity contribution in [2.24, 2.45) is 14.1 Å². The van der Waals surface area contributed by atoms with Crippen molar-refractivity contribution in [3.63, 3.8) is 0 Å². The maximum atomic E-state index is 12.8. The van der Waals surface area contributed by atoms with Crippen LogP contribution in [0.2, 0.25) is 0 Å². The van der Waals surface area contributed by atoms with Gasteiger partial charge in [-0.15, -0.1) is 0 Å². The molecule has 3 aromatic rings. The van der Waals surface area contributed by atoms with E-state index in [4.69, 9.17) is 9.69 Å². The molecule has 0 spiro atoms. The van der Waals surface area contributed by atoms with E-state index < -0.39 is 21.7 Å². The first-order valence-corrected chi connectivity index (χ1v) is 12.9. The van der Waals surface area contributed by atoms with Gasteiger partial charge in [-0.3, -0.25) is 0 Å². The van der Waals surface area contributed by atoms with Crippen LogP contribution in [0.5, 0.6) is 0 Å². The van der Waals surface area contributed by atoms with Crippen LogP contribution < -0.4 is 0 Å². The van der Waals surface area contributed by atoms with Gasteiger partial charge in [-0.25, -0.2) is 18.4 Å². The summed E-state index contributed by atoms with van der Waals surface area (Å²) < 4.78 is 65.8. The Labute approximate surface area is 167 Å². The number of hydrogen-bond donors (Lipinski definition) is 0. The van der Waals surface area contributed by atoms with E-state index in [2.05, 4.69) is 21.3 Å². The zero-order chi connectivity index (χ0) is 20.6. The van der Waals surface area contributed by atoms with Crippen LogP contribution in [-0.2, 0) is 47.4 Å². The average Bonchev–Trinajstić information content (AvgIpc) is 3.16. The van der Waals surface area contributed by atoms with Crippen LogP contribution >= 0.6 is 9.69 Å². The third kappa shape index (κ3) is 4.02. The van der Waals surface area contributed by atoms with Crippen molar-refractivity contribution < 1.29 is 38.9 Å². The molecule has 0 bridgehead atoms. The molecule has 0 aliphatic heterocycles. The van der Waals surface area contributed by atoms with E-state index in [-0.39, 0.29) is 27.8 Å².